The Morgan fingerprint density at radius 1 is 1.50 bits per heavy atom. The van der Waals surface area contributed by atoms with E-state index in [4.69, 9.17) is 5.26 Å². The molecule has 0 unspecified atom stereocenters. The largest absolute Gasteiger partial charge is 0.351 e. The van der Waals surface area contributed by atoms with Crippen LogP contribution in [0.3, 0.4) is 0 Å². The van der Waals surface area contributed by atoms with Gasteiger partial charge in [0, 0.05) is 30.2 Å². The summed E-state index contributed by atoms with van der Waals surface area (Å²) in [6.07, 6.45) is 1.88. The third-order valence-electron chi connectivity index (χ3n) is 2.61. The number of hydrogen-bond donors (Lipinski definition) is 0. The molecule has 0 aliphatic rings. The molecule has 0 saturated heterocycles. The number of nitriles is 1. The lowest BCUT2D eigenvalue weighted by atomic mass is 10.1. The normalized spacial score (nSPS) is 10.2. The van der Waals surface area contributed by atoms with Gasteiger partial charge in [0.05, 0.1) is 23.0 Å². The molecule has 0 amide bonds. The van der Waals surface area contributed by atoms with Gasteiger partial charge < -0.3 is 4.57 Å². The van der Waals surface area contributed by atoms with Crippen molar-refractivity contribution in [2.75, 3.05) is 0 Å². The van der Waals surface area contributed by atoms with Gasteiger partial charge in [-0.05, 0) is 12.1 Å². The average Bonchev–Trinajstić information content (AvgIpc) is 2.61. The Balaban J connectivity index is 2.80. The highest BCUT2D eigenvalue weighted by Crippen LogP contribution is 2.28. The van der Waals surface area contributed by atoms with Crippen LogP contribution in [0.1, 0.15) is 5.56 Å². The van der Waals surface area contributed by atoms with Gasteiger partial charge in [0.25, 0.3) is 5.69 Å². The van der Waals surface area contributed by atoms with Crippen molar-refractivity contribution in [1.29, 1.82) is 5.26 Å². The number of rotatable bonds is 2. The van der Waals surface area contributed by atoms with Crippen LogP contribution >= 0.6 is 0 Å². The predicted molar refractivity (Wildman–Crippen MR) is 58.9 cm³/mol. The zero-order valence-corrected chi connectivity index (χ0v) is 8.67. The second-order valence-electron chi connectivity index (χ2n) is 3.51. The molecule has 0 N–H and O–H groups in total. The van der Waals surface area contributed by atoms with Crippen molar-refractivity contribution in [2.24, 2.45) is 7.05 Å². The van der Waals surface area contributed by atoms with Crippen LogP contribution in [-0.2, 0) is 13.5 Å². The lowest BCUT2D eigenvalue weighted by Gasteiger charge is -2.02. The van der Waals surface area contributed by atoms with E-state index >= 15 is 0 Å². The van der Waals surface area contributed by atoms with Crippen molar-refractivity contribution >= 4 is 16.6 Å². The highest BCUT2D eigenvalue weighted by atomic mass is 16.6. The summed E-state index contributed by atoms with van der Waals surface area (Å²) in [5.74, 6) is 0. The summed E-state index contributed by atoms with van der Waals surface area (Å²) in [7, 11) is 1.87. The molecule has 0 aliphatic heterocycles. The summed E-state index contributed by atoms with van der Waals surface area (Å²) in [5, 5.41) is 20.3. The van der Waals surface area contributed by atoms with E-state index in [9.17, 15) is 10.1 Å². The first-order valence-electron chi connectivity index (χ1n) is 4.73. The fraction of sp³-hybridized carbons (Fsp3) is 0.182. The molecular weight excluding hydrogens is 206 g/mol. The van der Waals surface area contributed by atoms with Crippen LogP contribution in [0, 0.1) is 21.4 Å². The number of aromatic nitrogens is 1. The summed E-state index contributed by atoms with van der Waals surface area (Å²) in [4.78, 5) is 10.4. The summed E-state index contributed by atoms with van der Waals surface area (Å²) in [6, 6.07) is 6.92. The van der Waals surface area contributed by atoms with Crippen LogP contribution < -0.4 is 0 Å². The highest BCUT2D eigenvalue weighted by Gasteiger charge is 2.17. The van der Waals surface area contributed by atoms with Crippen molar-refractivity contribution in [1.82, 2.24) is 4.57 Å². The Kier molecular flexibility index (Phi) is 2.33. The molecule has 5 nitrogen and oxygen atoms in total. The number of nitro benzene ring substituents is 1. The second kappa shape index (κ2) is 3.66. The van der Waals surface area contributed by atoms with Crippen molar-refractivity contribution in [3.05, 3.63) is 40.1 Å². The molecule has 5 heteroatoms. The summed E-state index contributed by atoms with van der Waals surface area (Å²) in [5.41, 5.74) is 1.40. The van der Waals surface area contributed by atoms with Crippen molar-refractivity contribution in [2.45, 2.75) is 6.42 Å². The third kappa shape index (κ3) is 1.41. The lowest BCUT2D eigenvalue weighted by Crippen LogP contribution is -1.96. The van der Waals surface area contributed by atoms with E-state index < -0.39 is 4.92 Å². The van der Waals surface area contributed by atoms with E-state index in [1.54, 1.807) is 12.1 Å². The van der Waals surface area contributed by atoms with E-state index in [-0.39, 0.29) is 12.1 Å². The predicted octanol–water partition coefficient (Wildman–Crippen LogP) is 2.15. The minimum Gasteiger partial charge on any atom is -0.351 e. The monoisotopic (exact) mass is 215 g/mol. The molecule has 0 saturated carbocycles. The lowest BCUT2D eigenvalue weighted by molar-refractivity contribution is -0.385. The Morgan fingerprint density at radius 2 is 2.25 bits per heavy atom. The molecule has 0 spiro atoms. The minimum absolute atomic E-state index is 0.0141. The molecule has 80 valence electrons. The maximum atomic E-state index is 10.8. The van der Waals surface area contributed by atoms with Crippen LogP contribution in [0.25, 0.3) is 10.9 Å². The van der Waals surface area contributed by atoms with Gasteiger partial charge in [-0.15, -0.1) is 0 Å². The average molecular weight is 215 g/mol. The van der Waals surface area contributed by atoms with Crippen molar-refractivity contribution in [3.63, 3.8) is 0 Å². The standard InChI is InChI=1S/C11H9N3O2/c1-13-7-5-9-8(4-6-12)11(14(15)16)3-2-10(9)13/h2-3,5,7H,4H2,1H3. The van der Waals surface area contributed by atoms with E-state index in [1.807, 2.05) is 23.9 Å². The van der Waals surface area contributed by atoms with Gasteiger partial charge in [-0.25, -0.2) is 0 Å². The van der Waals surface area contributed by atoms with E-state index in [0.717, 1.165) is 10.9 Å². The molecule has 1 aromatic heterocycles. The first kappa shape index (κ1) is 10.2. The number of aryl methyl sites for hydroxylation is 1. The van der Waals surface area contributed by atoms with E-state index in [1.165, 1.54) is 6.07 Å². The Bertz CT molecular complexity index is 607. The molecule has 2 rings (SSSR count). The topological polar surface area (TPSA) is 71.9 Å². The van der Waals surface area contributed by atoms with Crippen LogP contribution in [-0.4, -0.2) is 9.49 Å². The summed E-state index contributed by atoms with van der Waals surface area (Å²) < 4.78 is 1.87. The smallest absolute Gasteiger partial charge is 0.274 e. The summed E-state index contributed by atoms with van der Waals surface area (Å²) >= 11 is 0. The van der Waals surface area contributed by atoms with Gasteiger partial charge in [0.2, 0.25) is 0 Å². The molecule has 1 aromatic carbocycles. The molecule has 2 aromatic rings. The Labute approximate surface area is 91.7 Å². The molecule has 0 aliphatic carbocycles. The molecule has 0 fully saturated rings. The van der Waals surface area contributed by atoms with Crippen LogP contribution in [0.5, 0.6) is 0 Å². The second-order valence-corrected chi connectivity index (χ2v) is 3.51. The molecule has 0 radical (unpaired) electrons. The molecule has 16 heavy (non-hydrogen) atoms. The minimum atomic E-state index is -0.445. The van der Waals surface area contributed by atoms with Crippen LogP contribution in [0.4, 0.5) is 5.69 Å². The van der Waals surface area contributed by atoms with Gasteiger partial charge in [0.1, 0.15) is 0 Å². The molecule has 1 heterocycles. The highest BCUT2D eigenvalue weighted by molar-refractivity contribution is 5.87. The fourth-order valence-corrected chi connectivity index (χ4v) is 1.84. The number of nitro groups is 1. The molecular formula is C11H9N3O2. The first-order valence-corrected chi connectivity index (χ1v) is 4.73. The molecule has 0 atom stereocenters. The van der Waals surface area contributed by atoms with Gasteiger partial charge in [-0.3, -0.25) is 10.1 Å². The number of hydrogen-bond acceptors (Lipinski definition) is 3. The van der Waals surface area contributed by atoms with Gasteiger partial charge in [-0.2, -0.15) is 5.26 Å². The SMILES string of the molecule is Cn1ccc2c(CC#N)c([N+](=O)[O-])ccc21. The van der Waals surface area contributed by atoms with E-state index in [2.05, 4.69) is 0 Å². The Hall–Kier alpha value is -2.35. The van der Waals surface area contributed by atoms with Crippen LogP contribution in [0.2, 0.25) is 0 Å². The zero-order valence-electron chi connectivity index (χ0n) is 8.67. The summed E-state index contributed by atoms with van der Waals surface area (Å²) in [6.45, 7) is 0. The van der Waals surface area contributed by atoms with E-state index in [0.29, 0.717) is 5.56 Å². The van der Waals surface area contributed by atoms with Crippen molar-refractivity contribution < 1.29 is 4.92 Å². The van der Waals surface area contributed by atoms with Crippen molar-refractivity contribution in [3.8, 4) is 6.07 Å². The number of fused-ring (bicyclic) bond motifs is 1. The van der Waals surface area contributed by atoms with Crippen LogP contribution in [0.15, 0.2) is 24.4 Å². The third-order valence-corrected chi connectivity index (χ3v) is 2.61. The quantitative estimate of drug-likeness (QED) is 0.569. The van der Waals surface area contributed by atoms with Gasteiger partial charge in [-0.1, -0.05) is 0 Å². The number of nitrogens with zero attached hydrogens (tertiary/aromatic N) is 3. The molecule has 0 bridgehead atoms. The van der Waals surface area contributed by atoms with Gasteiger partial charge >= 0.3 is 0 Å². The zero-order chi connectivity index (χ0) is 11.7. The first-order chi connectivity index (χ1) is 7.65. The maximum Gasteiger partial charge on any atom is 0.274 e. The fourth-order valence-electron chi connectivity index (χ4n) is 1.84. The Morgan fingerprint density at radius 3 is 2.88 bits per heavy atom. The number of benzene rings is 1. The van der Waals surface area contributed by atoms with Gasteiger partial charge in [0.15, 0.2) is 0 Å². The maximum absolute atomic E-state index is 10.8.